The highest BCUT2D eigenvalue weighted by Gasteiger charge is 2.15. The van der Waals surface area contributed by atoms with Gasteiger partial charge >= 0.3 is 0 Å². The molecule has 1 N–H and O–H groups in total. The third-order valence-corrected chi connectivity index (χ3v) is 4.92. The summed E-state index contributed by atoms with van der Waals surface area (Å²) >= 11 is 3.34. The molecule has 2 aromatic carbocycles. The molecule has 2 rings (SSSR count). The van der Waals surface area contributed by atoms with Crippen LogP contribution in [0.15, 0.2) is 51.8 Å². The zero-order valence-corrected chi connectivity index (χ0v) is 13.7. The molecular formula is C15H13BrN2O2S. The molecule has 4 nitrogen and oxygen atoms in total. The normalized spacial score (nSPS) is 10.9. The van der Waals surface area contributed by atoms with Crippen LogP contribution in [0.1, 0.15) is 11.1 Å². The minimum absolute atomic E-state index is 0.164. The fraction of sp³-hybridized carbons (Fsp3) is 0.133. The number of benzene rings is 2. The lowest BCUT2D eigenvalue weighted by Crippen LogP contribution is -2.13. The van der Waals surface area contributed by atoms with Crippen LogP contribution < -0.4 is 4.72 Å². The van der Waals surface area contributed by atoms with E-state index >= 15 is 0 Å². The Kier molecular flexibility index (Phi) is 4.66. The summed E-state index contributed by atoms with van der Waals surface area (Å²) in [6.07, 6.45) is 0.261. The molecule has 0 heterocycles. The first kappa shape index (κ1) is 15.5. The molecule has 0 aromatic heterocycles. The SMILES string of the molecule is Cc1ccc(NS(=O)(=O)c2ccc(CC#N)cc2)c(Br)c1. The predicted octanol–water partition coefficient (Wildman–Crippen LogP) is 3.62. The van der Waals surface area contributed by atoms with E-state index in [9.17, 15) is 8.42 Å². The van der Waals surface area contributed by atoms with Gasteiger partial charge in [-0.05, 0) is 58.2 Å². The number of sulfonamides is 1. The zero-order chi connectivity index (χ0) is 15.5. The molecule has 0 aliphatic rings. The number of rotatable bonds is 4. The maximum absolute atomic E-state index is 12.3. The summed E-state index contributed by atoms with van der Waals surface area (Å²) in [4.78, 5) is 0.164. The van der Waals surface area contributed by atoms with E-state index < -0.39 is 10.0 Å². The molecule has 0 bridgehead atoms. The van der Waals surface area contributed by atoms with Crippen LogP contribution in [0.5, 0.6) is 0 Å². The number of halogens is 1. The minimum Gasteiger partial charge on any atom is -0.278 e. The summed E-state index contributed by atoms with van der Waals surface area (Å²) in [6, 6.07) is 13.7. The molecule has 0 amide bonds. The Bertz CT molecular complexity index is 793. The Labute approximate surface area is 132 Å². The maximum atomic E-state index is 12.3. The second-order valence-electron chi connectivity index (χ2n) is 4.57. The van der Waals surface area contributed by atoms with Crippen molar-refractivity contribution in [3.05, 3.63) is 58.1 Å². The van der Waals surface area contributed by atoms with Crippen molar-refractivity contribution >= 4 is 31.6 Å². The quantitative estimate of drug-likeness (QED) is 0.900. The van der Waals surface area contributed by atoms with Crippen LogP contribution in [0, 0.1) is 18.3 Å². The minimum atomic E-state index is -3.64. The topological polar surface area (TPSA) is 70.0 Å². The van der Waals surface area contributed by atoms with E-state index in [4.69, 9.17) is 5.26 Å². The van der Waals surface area contributed by atoms with Crippen molar-refractivity contribution in [2.75, 3.05) is 4.72 Å². The van der Waals surface area contributed by atoms with Crippen LogP contribution in [-0.2, 0) is 16.4 Å². The summed E-state index contributed by atoms with van der Waals surface area (Å²) in [7, 11) is -3.64. The van der Waals surface area contributed by atoms with Gasteiger partial charge in [-0.15, -0.1) is 0 Å². The molecular weight excluding hydrogens is 352 g/mol. The van der Waals surface area contributed by atoms with E-state index in [2.05, 4.69) is 20.7 Å². The molecule has 0 radical (unpaired) electrons. The Morgan fingerprint density at radius 1 is 1.19 bits per heavy atom. The third-order valence-electron chi connectivity index (χ3n) is 2.89. The Morgan fingerprint density at radius 2 is 1.86 bits per heavy atom. The second kappa shape index (κ2) is 6.29. The van der Waals surface area contributed by atoms with Crippen molar-refractivity contribution in [3.8, 4) is 6.07 Å². The maximum Gasteiger partial charge on any atom is 0.261 e. The second-order valence-corrected chi connectivity index (χ2v) is 7.10. The summed E-state index contributed by atoms with van der Waals surface area (Å²) in [6.45, 7) is 1.93. The number of anilines is 1. The average Bonchev–Trinajstić information content (AvgIpc) is 2.43. The van der Waals surface area contributed by atoms with Crippen LogP contribution in [-0.4, -0.2) is 8.42 Å². The van der Waals surface area contributed by atoms with E-state index in [1.807, 2.05) is 25.1 Å². The number of nitriles is 1. The fourth-order valence-electron chi connectivity index (χ4n) is 1.78. The van der Waals surface area contributed by atoms with Crippen LogP contribution in [0.2, 0.25) is 0 Å². The summed E-state index contributed by atoms with van der Waals surface area (Å²) < 4.78 is 27.9. The van der Waals surface area contributed by atoms with Gasteiger partial charge in [0.1, 0.15) is 0 Å². The number of hydrogen-bond acceptors (Lipinski definition) is 3. The lowest BCUT2D eigenvalue weighted by atomic mass is 10.2. The molecule has 108 valence electrons. The standard InChI is InChI=1S/C15H13BrN2O2S/c1-11-2-7-15(14(16)10-11)18-21(19,20)13-5-3-12(4-6-13)8-9-17/h2-7,10,18H,8H2,1H3. The highest BCUT2D eigenvalue weighted by Crippen LogP contribution is 2.26. The van der Waals surface area contributed by atoms with Crippen LogP contribution in [0.25, 0.3) is 0 Å². The molecule has 0 fully saturated rings. The Balaban J connectivity index is 2.27. The third kappa shape index (κ3) is 3.84. The summed E-state index contributed by atoms with van der Waals surface area (Å²) in [5.41, 5.74) is 2.31. The molecule has 0 spiro atoms. The van der Waals surface area contributed by atoms with Gasteiger partial charge in [0.2, 0.25) is 0 Å². The summed E-state index contributed by atoms with van der Waals surface area (Å²) in [5.74, 6) is 0. The smallest absolute Gasteiger partial charge is 0.261 e. The molecule has 0 atom stereocenters. The lowest BCUT2D eigenvalue weighted by Gasteiger charge is -2.10. The molecule has 0 aliphatic carbocycles. The van der Waals surface area contributed by atoms with Crippen molar-refractivity contribution in [1.82, 2.24) is 0 Å². The van der Waals surface area contributed by atoms with Gasteiger partial charge in [0.05, 0.1) is 23.1 Å². The number of aryl methyl sites for hydroxylation is 1. The van der Waals surface area contributed by atoms with Gasteiger partial charge in [-0.1, -0.05) is 18.2 Å². The highest BCUT2D eigenvalue weighted by atomic mass is 79.9. The molecule has 0 saturated carbocycles. The lowest BCUT2D eigenvalue weighted by molar-refractivity contribution is 0.601. The predicted molar refractivity (Wildman–Crippen MR) is 85.4 cm³/mol. The molecule has 2 aromatic rings. The Hall–Kier alpha value is -1.84. The first-order chi connectivity index (χ1) is 9.92. The van der Waals surface area contributed by atoms with Gasteiger partial charge in [-0.2, -0.15) is 5.26 Å². The van der Waals surface area contributed by atoms with E-state index in [0.717, 1.165) is 11.1 Å². The van der Waals surface area contributed by atoms with Gasteiger partial charge in [0.25, 0.3) is 10.0 Å². The summed E-state index contributed by atoms with van der Waals surface area (Å²) in [5, 5.41) is 8.61. The van der Waals surface area contributed by atoms with Crippen LogP contribution in [0.3, 0.4) is 0 Å². The van der Waals surface area contributed by atoms with E-state index in [1.165, 1.54) is 12.1 Å². The van der Waals surface area contributed by atoms with Gasteiger partial charge in [0, 0.05) is 4.47 Å². The van der Waals surface area contributed by atoms with Crippen molar-refractivity contribution in [2.24, 2.45) is 0 Å². The highest BCUT2D eigenvalue weighted by molar-refractivity contribution is 9.10. The van der Waals surface area contributed by atoms with Crippen molar-refractivity contribution < 1.29 is 8.42 Å². The number of nitrogens with one attached hydrogen (secondary N) is 1. The Morgan fingerprint density at radius 3 is 2.43 bits per heavy atom. The number of hydrogen-bond donors (Lipinski definition) is 1. The molecule has 0 unspecified atom stereocenters. The molecule has 0 aliphatic heterocycles. The van der Waals surface area contributed by atoms with E-state index in [0.29, 0.717) is 10.2 Å². The van der Waals surface area contributed by atoms with E-state index in [1.54, 1.807) is 18.2 Å². The molecule has 6 heteroatoms. The van der Waals surface area contributed by atoms with Gasteiger partial charge in [-0.3, -0.25) is 4.72 Å². The molecule has 21 heavy (non-hydrogen) atoms. The average molecular weight is 365 g/mol. The van der Waals surface area contributed by atoms with E-state index in [-0.39, 0.29) is 11.3 Å². The van der Waals surface area contributed by atoms with Gasteiger partial charge in [0.15, 0.2) is 0 Å². The van der Waals surface area contributed by atoms with Crippen LogP contribution >= 0.6 is 15.9 Å². The first-order valence-corrected chi connectivity index (χ1v) is 8.45. The van der Waals surface area contributed by atoms with Gasteiger partial charge < -0.3 is 0 Å². The van der Waals surface area contributed by atoms with Crippen molar-refractivity contribution in [2.45, 2.75) is 18.2 Å². The van der Waals surface area contributed by atoms with Gasteiger partial charge in [-0.25, -0.2) is 8.42 Å². The van der Waals surface area contributed by atoms with Crippen molar-refractivity contribution in [1.29, 1.82) is 5.26 Å². The molecule has 0 saturated heterocycles. The first-order valence-electron chi connectivity index (χ1n) is 6.17. The fourth-order valence-corrected chi connectivity index (χ4v) is 3.59. The monoisotopic (exact) mass is 364 g/mol. The van der Waals surface area contributed by atoms with Crippen molar-refractivity contribution in [3.63, 3.8) is 0 Å². The number of nitrogens with zero attached hydrogens (tertiary/aromatic N) is 1. The van der Waals surface area contributed by atoms with Crippen LogP contribution in [0.4, 0.5) is 5.69 Å². The largest absolute Gasteiger partial charge is 0.278 e. The zero-order valence-electron chi connectivity index (χ0n) is 11.3.